The smallest absolute Gasteiger partial charge is 0.346 e. The van der Waals surface area contributed by atoms with Crippen molar-refractivity contribution in [1.82, 2.24) is 0 Å². The van der Waals surface area contributed by atoms with Crippen LogP contribution in [0.4, 0.5) is 0 Å². The number of aliphatic carboxylic acids is 1. The Hall–Kier alpha value is -1.27. The third-order valence-electron chi connectivity index (χ3n) is 2.97. The molecule has 0 saturated heterocycles. The number of carbonyl (C=O) groups is 1. The molecule has 0 aliphatic rings. The Labute approximate surface area is 140 Å². The van der Waals surface area contributed by atoms with E-state index in [1.165, 1.54) is 44.9 Å². The summed E-state index contributed by atoms with van der Waals surface area (Å²) in [6.07, 6.45) is 12.9. The number of unbranched alkanes of at least 4 members (excludes halogenated alkanes) is 8. The van der Waals surface area contributed by atoms with E-state index >= 15 is 0 Å². The molecule has 1 N–H and O–H groups in total. The quantitative estimate of drug-likeness (QED) is 0.279. The Morgan fingerprint density at radius 2 is 1.68 bits per heavy atom. The van der Waals surface area contributed by atoms with Gasteiger partial charge in [-0.25, -0.2) is 4.79 Å². The van der Waals surface area contributed by atoms with E-state index in [0.29, 0.717) is 6.42 Å². The molecule has 0 amide bonds. The van der Waals surface area contributed by atoms with E-state index in [0.717, 1.165) is 18.4 Å². The van der Waals surface area contributed by atoms with Crippen LogP contribution in [0.2, 0.25) is 0 Å². The van der Waals surface area contributed by atoms with E-state index in [1.54, 1.807) is 6.08 Å². The summed E-state index contributed by atoms with van der Waals surface area (Å²) >= 11 is 5.47. The van der Waals surface area contributed by atoms with Crippen molar-refractivity contribution in [2.24, 2.45) is 0 Å². The number of nitrogens with zero attached hydrogens (tertiary/aromatic N) is 1. The first-order chi connectivity index (χ1) is 10.5. The number of rotatable bonds is 11. The van der Waals surface area contributed by atoms with Crippen molar-refractivity contribution in [3.63, 3.8) is 0 Å². The van der Waals surface area contributed by atoms with Gasteiger partial charge in [-0.3, -0.25) is 0 Å². The summed E-state index contributed by atoms with van der Waals surface area (Å²) in [5, 5.41) is 16.4. The summed E-state index contributed by atoms with van der Waals surface area (Å²) in [4.78, 5) is 10.4. The fourth-order valence-corrected chi connectivity index (χ4v) is 1.84. The maximum Gasteiger partial charge on any atom is 0.346 e. The van der Waals surface area contributed by atoms with Crippen molar-refractivity contribution in [3.05, 3.63) is 23.3 Å². The second-order valence-electron chi connectivity index (χ2n) is 5.41. The van der Waals surface area contributed by atoms with Crippen molar-refractivity contribution >= 4 is 17.6 Å². The van der Waals surface area contributed by atoms with Crippen LogP contribution in [0.25, 0.3) is 0 Å². The molecule has 4 heteroatoms. The molecule has 126 valence electrons. The summed E-state index contributed by atoms with van der Waals surface area (Å²) in [5.41, 5.74) is 0.928. The number of carboxylic acids is 1. The Bertz CT molecular complexity index is 370. The molecule has 0 heterocycles. The lowest BCUT2D eigenvalue weighted by Gasteiger charge is -1.99. The number of nitriles is 1. The molecule has 0 bridgehead atoms. The molecule has 0 unspecified atom stereocenters. The van der Waals surface area contributed by atoms with E-state index in [2.05, 4.69) is 13.5 Å². The molecular weight excluding hydrogens is 298 g/mol. The average Bonchev–Trinajstić information content (AvgIpc) is 2.45. The lowest BCUT2D eigenvalue weighted by atomic mass is 10.1. The Morgan fingerprint density at radius 1 is 1.18 bits per heavy atom. The maximum absolute atomic E-state index is 10.4. The predicted molar refractivity (Wildman–Crippen MR) is 93.8 cm³/mol. The molecule has 0 spiro atoms. The molecule has 0 aliphatic carbocycles. The van der Waals surface area contributed by atoms with E-state index in [4.69, 9.17) is 22.0 Å². The molecule has 0 saturated carbocycles. The van der Waals surface area contributed by atoms with Crippen molar-refractivity contribution in [2.75, 3.05) is 0 Å². The van der Waals surface area contributed by atoms with Gasteiger partial charge in [0.05, 0.1) is 12.5 Å². The second-order valence-corrected chi connectivity index (χ2v) is 5.82. The molecular formula is C18H30ClNO2. The molecule has 0 fully saturated rings. The lowest BCUT2D eigenvalue weighted by molar-refractivity contribution is -0.131. The van der Waals surface area contributed by atoms with Gasteiger partial charge in [0.25, 0.3) is 0 Å². The van der Waals surface area contributed by atoms with Gasteiger partial charge in [-0.05, 0) is 19.8 Å². The number of halogens is 1. The minimum absolute atomic E-state index is 0.0528. The second kappa shape index (κ2) is 17.8. The molecule has 0 aromatic heterocycles. The van der Waals surface area contributed by atoms with Gasteiger partial charge in [-0.15, -0.1) is 0 Å². The van der Waals surface area contributed by atoms with Crippen LogP contribution in [0.15, 0.2) is 23.3 Å². The first-order valence-electron chi connectivity index (χ1n) is 8.06. The van der Waals surface area contributed by atoms with Gasteiger partial charge in [-0.1, -0.05) is 81.7 Å². The number of allylic oxidation sites excluding steroid dienone is 2. The van der Waals surface area contributed by atoms with Crippen molar-refractivity contribution in [2.45, 2.75) is 78.1 Å². The summed E-state index contributed by atoms with van der Waals surface area (Å²) in [6.45, 7) is 7.58. The zero-order valence-corrected chi connectivity index (χ0v) is 14.8. The van der Waals surface area contributed by atoms with Crippen molar-refractivity contribution in [3.8, 4) is 6.07 Å². The van der Waals surface area contributed by atoms with Crippen molar-refractivity contribution < 1.29 is 9.90 Å². The standard InChI is InChI=1S/C13H23ClO2.C5H7N/c1-2-3-4-5-6-7-8-9-10-11-12(14)13(15)16;1-5(2)3-4-6/h11H,2-10H2,1H3,(H,15,16);1,3H2,2H3. The molecule has 0 aromatic rings. The van der Waals surface area contributed by atoms with Crippen LogP contribution in [-0.2, 0) is 4.79 Å². The minimum atomic E-state index is -1.03. The zero-order valence-electron chi connectivity index (χ0n) is 14.0. The van der Waals surface area contributed by atoms with E-state index in [-0.39, 0.29) is 5.03 Å². The fourth-order valence-electron chi connectivity index (χ4n) is 1.73. The normalized spacial score (nSPS) is 10.4. The van der Waals surface area contributed by atoms with Crippen LogP contribution in [0.3, 0.4) is 0 Å². The Kier molecular flexibility index (Phi) is 18.6. The zero-order chi connectivity index (χ0) is 17.2. The summed E-state index contributed by atoms with van der Waals surface area (Å²) in [7, 11) is 0. The topological polar surface area (TPSA) is 61.1 Å². The van der Waals surface area contributed by atoms with Crippen molar-refractivity contribution in [1.29, 1.82) is 5.26 Å². The molecule has 0 radical (unpaired) electrons. The van der Waals surface area contributed by atoms with E-state index in [9.17, 15) is 4.79 Å². The highest BCUT2D eigenvalue weighted by molar-refractivity contribution is 6.40. The molecule has 0 rings (SSSR count). The minimum Gasteiger partial charge on any atom is -0.477 e. The van der Waals surface area contributed by atoms with Gasteiger partial charge >= 0.3 is 5.97 Å². The average molecular weight is 328 g/mol. The monoisotopic (exact) mass is 327 g/mol. The molecule has 0 aromatic carbocycles. The van der Waals surface area contributed by atoms with Gasteiger partial charge in [0, 0.05) is 0 Å². The van der Waals surface area contributed by atoms with Gasteiger partial charge in [0.1, 0.15) is 5.03 Å². The highest BCUT2D eigenvalue weighted by atomic mass is 35.5. The summed E-state index contributed by atoms with van der Waals surface area (Å²) in [6, 6.07) is 1.97. The number of hydrogen-bond donors (Lipinski definition) is 1. The third kappa shape index (κ3) is 21.0. The van der Waals surface area contributed by atoms with Gasteiger partial charge in [0.2, 0.25) is 0 Å². The summed E-state index contributed by atoms with van der Waals surface area (Å²) in [5.74, 6) is -1.03. The number of hydrogen-bond acceptors (Lipinski definition) is 2. The predicted octanol–water partition coefficient (Wildman–Crippen LogP) is 6.20. The highest BCUT2D eigenvalue weighted by Crippen LogP contribution is 2.11. The van der Waals surface area contributed by atoms with E-state index in [1.807, 2.05) is 13.0 Å². The Balaban J connectivity index is 0. The SMILES string of the molecule is C=C(C)CC#N.CCCCCCCCCCC=C(Cl)C(=O)O. The first-order valence-corrected chi connectivity index (χ1v) is 8.43. The highest BCUT2D eigenvalue weighted by Gasteiger charge is 2.00. The van der Waals surface area contributed by atoms with E-state index < -0.39 is 5.97 Å². The van der Waals surface area contributed by atoms with Crippen LogP contribution in [0.5, 0.6) is 0 Å². The van der Waals surface area contributed by atoms with Gasteiger partial charge in [-0.2, -0.15) is 5.26 Å². The molecule has 22 heavy (non-hydrogen) atoms. The maximum atomic E-state index is 10.4. The van der Waals surface area contributed by atoms with Crippen LogP contribution >= 0.6 is 11.6 Å². The molecule has 0 aliphatic heterocycles. The fraction of sp³-hybridized carbons (Fsp3) is 0.667. The third-order valence-corrected chi connectivity index (χ3v) is 3.28. The molecule has 0 atom stereocenters. The first kappa shape index (κ1) is 23.0. The van der Waals surface area contributed by atoms with Crippen LogP contribution in [-0.4, -0.2) is 11.1 Å². The van der Waals surface area contributed by atoms with Gasteiger partial charge < -0.3 is 5.11 Å². The number of carboxylic acid groups (broad SMARTS) is 1. The molecule has 3 nitrogen and oxygen atoms in total. The summed E-state index contributed by atoms with van der Waals surface area (Å²) < 4.78 is 0. The van der Waals surface area contributed by atoms with Crippen LogP contribution < -0.4 is 0 Å². The lowest BCUT2D eigenvalue weighted by Crippen LogP contribution is -1.93. The van der Waals surface area contributed by atoms with Crippen LogP contribution in [0, 0.1) is 11.3 Å². The largest absolute Gasteiger partial charge is 0.477 e. The Morgan fingerprint density at radius 3 is 2.05 bits per heavy atom. The van der Waals surface area contributed by atoms with Gasteiger partial charge in [0.15, 0.2) is 0 Å². The van der Waals surface area contributed by atoms with Crippen LogP contribution in [0.1, 0.15) is 78.1 Å².